The van der Waals surface area contributed by atoms with Gasteiger partial charge in [-0.2, -0.15) is 4.98 Å². The Morgan fingerprint density at radius 1 is 1.19 bits per heavy atom. The van der Waals surface area contributed by atoms with E-state index in [1.54, 1.807) is 18.2 Å². The standard InChI is InChI=1S/C19H14ClF2N3O2/c20-13-5-2-1-4-12(13)17-23-18(27-24-17)16-6-3-9-25(16)19(26)11-7-8-14(21)15(22)10-11/h1-2,4-5,7-8,10,16H,3,6,9H2/t16-/m1/s1. The van der Waals surface area contributed by atoms with E-state index in [0.29, 0.717) is 35.3 Å². The average molecular weight is 390 g/mol. The minimum Gasteiger partial charge on any atom is -0.337 e. The first-order chi connectivity index (χ1) is 13.0. The minimum absolute atomic E-state index is 0.0756. The summed E-state index contributed by atoms with van der Waals surface area (Å²) >= 11 is 6.16. The summed E-state index contributed by atoms with van der Waals surface area (Å²) in [6.07, 6.45) is 1.38. The summed E-state index contributed by atoms with van der Waals surface area (Å²) < 4.78 is 32.0. The number of carbonyl (C=O) groups excluding carboxylic acids is 1. The van der Waals surface area contributed by atoms with Crippen molar-refractivity contribution in [3.8, 4) is 11.4 Å². The van der Waals surface area contributed by atoms with Crippen LogP contribution in [0, 0.1) is 11.6 Å². The quantitative estimate of drug-likeness (QED) is 0.654. The highest BCUT2D eigenvalue weighted by atomic mass is 35.5. The van der Waals surface area contributed by atoms with Gasteiger partial charge < -0.3 is 9.42 Å². The van der Waals surface area contributed by atoms with Crippen molar-refractivity contribution in [2.45, 2.75) is 18.9 Å². The molecule has 5 nitrogen and oxygen atoms in total. The molecule has 1 aliphatic heterocycles. The second kappa shape index (κ2) is 7.08. The van der Waals surface area contributed by atoms with Crippen LogP contribution in [0.15, 0.2) is 47.0 Å². The largest absolute Gasteiger partial charge is 0.337 e. The third kappa shape index (κ3) is 3.30. The van der Waals surface area contributed by atoms with Gasteiger partial charge in [-0.15, -0.1) is 0 Å². The van der Waals surface area contributed by atoms with E-state index in [1.807, 2.05) is 6.07 Å². The van der Waals surface area contributed by atoms with Crippen LogP contribution in [0.5, 0.6) is 0 Å². The molecule has 1 aliphatic rings. The summed E-state index contributed by atoms with van der Waals surface area (Å²) in [4.78, 5) is 18.7. The van der Waals surface area contributed by atoms with Crippen LogP contribution in [-0.2, 0) is 0 Å². The van der Waals surface area contributed by atoms with Crippen LogP contribution in [0.3, 0.4) is 0 Å². The van der Waals surface area contributed by atoms with Gasteiger partial charge >= 0.3 is 0 Å². The van der Waals surface area contributed by atoms with Gasteiger partial charge in [-0.05, 0) is 43.2 Å². The van der Waals surface area contributed by atoms with Crippen molar-refractivity contribution in [3.05, 3.63) is 70.6 Å². The van der Waals surface area contributed by atoms with E-state index in [9.17, 15) is 13.6 Å². The number of halogens is 3. The molecule has 1 fully saturated rings. The summed E-state index contributed by atoms with van der Waals surface area (Å²) in [5.41, 5.74) is 0.706. The van der Waals surface area contributed by atoms with E-state index in [0.717, 1.165) is 18.6 Å². The van der Waals surface area contributed by atoms with Crippen molar-refractivity contribution in [2.24, 2.45) is 0 Å². The summed E-state index contributed by atoms with van der Waals surface area (Å²) in [5, 5.41) is 4.46. The second-order valence-electron chi connectivity index (χ2n) is 6.22. The van der Waals surface area contributed by atoms with E-state index < -0.39 is 23.6 Å². The highest BCUT2D eigenvalue weighted by Gasteiger charge is 2.35. The first kappa shape index (κ1) is 17.6. The molecule has 0 unspecified atom stereocenters. The lowest BCUT2D eigenvalue weighted by atomic mass is 10.1. The van der Waals surface area contributed by atoms with E-state index >= 15 is 0 Å². The molecule has 0 bridgehead atoms. The van der Waals surface area contributed by atoms with Gasteiger partial charge in [0.1, 0.15) is 6.04 Å². The molecule has 2 aromatic carbocycles. The molecule has 3 aromatic rings. The molecular weight excluding hydrogens is 376 g/mol. The first-order valence-corrected chi connectivity index (χ1v) is 8.77. The lowest BCUT2D eigenvalue weighted by molar-refractivity contribution is 0.0709. The Kier molecular flexibility index (Phi) is 4.61. The number of nitrogens with zero attached hydrogens (tertiary/aromatic N) is 3. The maximum absolute atomic E-state index is 13.5. The van der Waals surface area contributed by atoms with Gasteiger partial charge in [0.05, 0.1) is 5.02 Å². The average Bonchev–Trinajstić information content (AvgIpc) is 3.32. The van der Waals surface area contributed by atoms with Crippen LogP contribution in [0.2, 0.25) is 5.02 Å². The van der Waals surface area contributed by atoms with E-state index in [1.165, 1.54) is 11.0 Å². The van der Waals surface area contributed by atoms with Crippen molar-refractivity contribution in [1.29, 1.82) is 0 Å². The summed E-state index contributed by atoms with van der Waals surface area (Å²) in [6, 6.07) is 9.79. The molecule has 0 radical (unpaired) electrons. The van der Waals surface area contributed by atoms with Crippen molar-refractivity contribution in [2.75, 3.05) is 6.54 Å². The number of amides is 1. The molecule has 1 saturated heterocycles. The van der Waals surface area contributed by atoms with E-state index in [-0.39, 0.29) is 5.56 Å². The van der Waals surface area contributed by atoms with Gasteiger partial charge in [0, 0.05) is 17.7 Å². The number of likely N-dealkylation sites (tertiary alicyclic amines) is 1. The zero-order valence-electron chi connectivity index (χ0n) is 14.0. The van der Waals surface area contributed by atoms with Gasteiger partial charge in [0.2, 0.25) is 11.7 Å². The third-order valence-corrected chi connectivity index (χ3v) is 4.85. The van der Waals surface area contributed by atoms with Crippen LogP contribution in [0.25, 0.3) is 11.4 Å². The third-order valence-electron chi connectivity index (χ3n) is 4.52. The van der Waals surface area contributed by atoms with Crippen molar-refractivity contribution in [3.63, 3.8) is 0 Å². The molecule has 1 atom stereocenters. The van der Waals surface area contributed by atoms with Gasteiger partial charge in [-0.1, -0.05) is 28.9 Å². The molecule has 0 N–H and O–H groups in total. The van der Waals surface area contributed by atoms with Crippen molar-refractivity contribution >= 4 is 17.5 Å². The van der Waals surface area contributed by atoms with Crippen LogP contribution >= 0.6 is 11.6 Å². The monoisotopic (exact) mass is 389 g/mol. The molecule has 2 heterocycles. The zero-order valence-corrected chi connectivity index (χ0v) is 14.8. The van der Waals surface area contributed by atoms with E-state index in [2.05, 4.69) is 10.1 Å². The molecular formula is C19H14ClF2N3O2. The molecule has 4 rings (SSSR count). The van der Waals surface area contributed by atoms with Gasteiger partial charge in [-0.3, -0.25) is 4.79 Å². The Morgan fingerprint density at radius 3 is 2.78 bits per heavy atom. The molecule has 0 saturated carbocycles. The number of rotatable bonds is 3. The Bertz CT molecular complexity index is 1010. The lowest BCUT2D eigenvalue weighted by Gasteiger charge is -2.21. The highest BCUT2D eigenvalue weighted by molar-refractivity contribution is 6.33. The summed E-state index contributed by atoms with van der Waals surface area (Å²) in [7, 11) is 0. The van der Waals surface area contributed by atoms with Crippen molar-refractivity contribution in [1.82, 2.24) is 15.0 Å². The number of hydrogen-bond donors (Lipinski definition) is 0. The SMILES string of the molecule is O=C(c1ccc(F)c(F)c1)N1CCC[C@@H]1c1nc(-c2ccccc2Cl)no1. The Labute approximate surface area is 158 Å². The highest BCUT2D eigenvalue weighted by Crippen LogP contribution is 2.34. The molecule has 0 aliphatic carbocycles. The Balaban J connectivity index is 1.61. The minimum atomic E-state index is -1.06. The first-order valence-electron chi connectivity index (χ1n) is 8.39. The Hall–Kier alpha value is -2.80. The van der Waals surface area contributed by atoms with Crippen LogP contribution in [-0.4, -0.2) is 27.5 Å². The van der Waals surface area contributed by atoms with E-state index in [4.69, 9.17) is 16.1 Å². The van der Waals surface area contributed by atoms with Gasteiger partial charge in [0.25, 0.3) is 5.91 Å². The fourth-order valence-corrected chi connectivity index (χ4v) is 3.40. The normalized spacial score (nSPS) is 16.7. The summed E-state index contributed by atoms with van der Waals surface area (Å²) in [5.74, 6) is -1.84. The van der Waals surface area contributed by atoms with Crippen LogP contribution in [0.1, 0.15) is 35.1 Å². The maximum atomic E-state index is 13.5. The fourth-order valence-electron chi connectivity index (χ4n) is 3.18. The smallest absolute Gasteiger partial charge is 0.254 e. The maximum Gasteiger partial charge on any atom is 0.254 e. The van der Waals surface area contributed by atoms with Crippen LogP contribution < -0.4 is 0 Å². The number of benzene rings is 2. The predicted octanol–water partition coefficient (Wildman–Crippen LogP) is 4.65. The topological polar surface area (TPSA) is 59.2 Å². The summed E-state index contributed by atoms with van der Waals surface area (Å²) in [6.45, 7) is 0.465. The van der Waals surface area contributed by atoms with Gasteiger partial charge in [0.15, 0.2) is 11.6 Å². The second-order valence-corrected chi connectivity index (χ2v) is 6.63. The fraction of sp³-hybridized carbons (Fsp3) is 0.211. The molecule has 8 heteroatoms. The molecule has 0 spiro atoms. The molecule has 1 amide bonds. The Morgan fingerprint density at radius 2 is 2.00 bits per heavy atom. The number of hydrogen-bond acceptors (Lipinski definition) is 4. The number of aromatic nitrogens is 2. The molecule has 27 heavy (non-hydrogen) atoms. The lowest BCUT2D eigenvalue weighted by Crippen LogP contribution is -2.30. The zero-order chi connectivity index (χ0) is 19.0. The predicted molar refractivity (Wildman–Crippen MR) is 94.1 cm³/mol. The molecule has 138 valence electrons. The van der Waals surface area contributed by atoms with Crippen LogP contribution in [0.4, 0.5) is 8.78 Å². The van der Waals surface area contributed by atoms with Gasteiger partial charge in [-0.25, -0.2) is 8.78 Å². The molecule has 1 aromatic heterocycles. The number of carbonyl (C=O) groups is 1. The van der Waals surface area contributed by atoms with Crippen molar-refractivity contribution < 1.29 is 18.1 Å².